The second-order valence-electron chi connectivity index (χ2n) is 7.37. The molecule has 7 heteroatoms. The Morgan fingerprint density at radius 1 is 0.923 bits per heavy atom. The summed E-state index contributed by atoms with van der Waals surface area (Å²) in [4.78, 5) is 25.2. The van der Waals surface area contributed by atoms with Gasteiger partial charge in [-0.25, -0.2) is 15.0 Å². The van der Waals surface area contributed by atoms with Crippen molar-refractivity contribution in [1.29, 1.82) is 0 Å². The van der Waals surface area contributed by atoms with Crippen LogP contribution in [-0.4, -0.2) is 60.2 Å². The van der Waals surface area contributed by atoms with Crippen LogP contribution in [0.5, 0.6) is 0 Å². The lowest BCUT2D eigenvalue weighted by atomic mass is 9.96. The number of aryl methyl sites for hydroxylation is 2. The molecule has 0 atom stereocenters. The van der Waals surface area contributed by atoms with Gasteiger partial charge in [0.1, 0.15) is 18.0 Å². The van der Waals surface area contributed by atoms with Crippen molar-refractivity contribution in [1.82, 2.24) is 19.9 Å². The Labute approximate surface area is 155 Å². The first-order valence-corrected chi connectivity index (χ1v) is 9.47. The molecule has 0 saturated carbocycles. The summed E-state index contributed by atoms with van der Waals surface area (Å²) in [6.07, 6.45) is 6.43. The summed E-state index contributed by atoms with van der Waals surface area (Å²) in [5.41, 5.74) is 3.63. The summed E-state index contributed by atoms with van der Waals surface area (Å²) in [6.45, 7) is 5.74. The average molecular weight is 353 g/mol. The van der Waals surface area contributed by atoms with Crippen molar-refractivity contribution in [2.75, 3.05) is 55.0 Å². The molecular formula is C19H27N7. The molecule has 1 fully saturated rings. The molecule has 0 bridgehead atoms. The lowest BCUT2D eigenvalue weighted by Gasteiger charge is -2.37. The Morgan fingerprint density at radius 2 is 1.65 bits per heavy atom. The molecule has 138 valence electrons. The normalized spacial score (nSPS) is 17.2. The topological polar surface area (TPSA) is 61.3 Å². The lowest BCUT2D eigenvalue weighted by molar-refractivity contribution is 0.615. The number of fused-ring (bicyclic) bond motifs is 1. The molecule has 4 rings (SSSR count). The minimum Gasteiger partial charge on any atom is -0.363 e. The molecule has 1 aliphatic heterocycles. The van der Waals surface area contributed by atoms with Crippen molar-refractivity contribution in [2.45, 2.75) is 32.6 Å². The van der Waals surface area contributed by atoms with E-state index in [0.717, 1.165) is 62.3 Å². The van der Waals surface area contributed by atoms with Crippen molar-refractivity contribution >= 4 is 17.6 Å². The van der Waals surface area contributed by atoms with E-state index in [-0.39, 0.29) is 0 Å². The molecular weight excluding hydrogens is 326 g/mol. The van der Waals surface area contributed by atoms with Crippen molar-refractivity contribution in [3.8, 4) is 0 Å². The maximum atomic E-state index is 4.72. The molecule has 2 aromatic heterocycles. The third kappa shape index (κ3) is 3.30. The van der Waals surface area contributed by atoms with E-state index in [0.29, 0.717) is 0 Å². The Kier molecular flexibility index (Phi) is 4.61. The van der Waals surface area contributed by atoms with Gasteiger partial charge in [-0.05, 0) is 32.6 Å². The fourth-order valence-corrected chi connectivity index (χ4v) is 3.80. The standard InChI is InChI=1S/C19H27N7/c1-14-12-17(24(2)3)23-19(22-14)26-10-8-25(9-11-26)18-15-6-4-5-7-16(15)20-13-21-18/h12-13H,4-11H2,1-3H3. The fourth-order valence-electron chi connectivity index (χ4n) is 3.80. The van der Waals surface area contributed by atoms with Crippen molar-refractivity contribution in [3.05, 3.63) is 29.3 Å². The zero-order valence-electron chi connectivity index (χ0n) is 15.9. The molecule has 0 aromatic carbocycles. The predicted octanol–water partition coefficient (Wildman–Crippen LogP) is 1.85. The number of piperazine rings is 1. The molecule has 1 saturated heterocycles. The largest absolute Gasteiger partial charge is 0.363 e. The lowest BCUT2D eigenvalue weighted by Crippen LogP contribution is -2.48. The maximum Gasteiger partial charge on any atom is 0.227 e. The van der Waals surface area contributed by atoms with E-state index in [2.05, 4.69) is 24.8 Å². The van der Waals surface area contributed by atoms with Gasteiger partial charge < -0.3 is 14.7 Å². The SMILES string of the molecule is Cc1cc(N(C)C)nc(N2CCN(c3ncnc4c3CCCC4)CC2)n1. The zero-order chi connectivity index (χ0) is 18.1. The molecule has 0 amide bonds. The third-order valence-corrected chi connectivity index (χ3v) is 5.25. The highest BCUT2D eigenvalue weighted by atomic mass is 15.3. The molecule has 3 heterocycles. The van der Waals surface area contributed by atoms with E-state index in [4.69, 9.17) is 4.98 Å². The van der Waals surface area contributed by atoms with Crippen LogP contribution in [0.2, 0.25) is 0 Å². The molecule has 1 aliphatic carbocycles. The quantitative estimate of drug-likeness (QED) is 0.834. The first kappa shape index (κ1) is 17.0. The van der Waals surface area contributed by atoms with E-state index >= 15 is 0 Å². The van der Waals surface area contributed by atoms with Gasteiger partial charge in [0.25, 0.3) is 0 Å². The highest BCUT2D eigenvalue weighted by molar-refractivity contribution is 5.52. The Bertz CT molecular complexity index is 781. The monoisotopic (exact) mass is 353 g/mol. The molecule has 0 radical (unpaired) electrons. The van der Waals surface area contributed by atoms with Gasteiger partial charge >= 0.3 is 0 Å². The second-order valence-corrected chi connectivity index (χ2v) is 7.37. The van der Waals surface area contributed by atoms with Crippen LogP contribution >= 0.6 is 0 Å². The van der Waals surface area contributed by atoms with Crippen molar-refractivity contribution < 1.29 is 0 Å². The van der Waals surface area contributed by atoms with Crippen LogP contribution in [0.15, 0.2) is 12.4 Å². The fraction of sp³-hybridized carbons (Fsp3) is 0.579. The molecule has 2 aromatic rings. The van der Waals surface area contributed by atoms with E-state index in [1.54, 1.807) is 6.33 Å². The van der Waals surface area contributed by atoms with E-state index in [1.165, 1.54) is 24.1 Å². The van der Waals surface area contributed by atoms with E-state index < -0.39 is 0 Å². The molecule has 2 aliphatic rings. The van der Waals surface area contributed by atoms with Crippen LogP contribution in [0.4, 0.5) is 17.6 Å². The summed E-state index contributed by atoms with van der Waals surface area (Å²) < 4.78 is 0. The second kappa shape index (κ2) is 7.05. The Balaban J connectivity index is 1.50. The Hall–Kier alpha value is -2.44. The van der Waals surface area contributed by atoms with Gasteiger partial charge in [-0.2, -0.15) is 4.98 Å². The Morgan fingerprint density at radius 3 is 2.42 bits per heavy atom. The smallest absolute Gasteiger partial charge is 0.227 e. The first-order valence-electron chi connectivity index (χ1n) is 9.47. The predicted molar refractivity (Wildman–Crippen MR) is 104 cm³/mol. The van der Waals surface area contributed by atoms with Gasteiger partial charge in [-0.1, -0.05) is 0 Å². The van der Waals surface area contributed by atoms with E-state index in [1.807, 2.05) is 32.0 Å². The molecule has 0 unspecified atom stereocenters. The number of rotatable bonds is 3. The van der Waals surface area contributed by atoms with Crippen LogP contribution in [0, 0.1) is 6.92 Å². The maximum absolute atomic E-state index is 4.72. The number of hydrogen-bond acceptors (Lipinski definition) is 7. The summed E-state index contributed by atoms with van der Waals surface area (Å²) in [5.74, 6) is 2.94. The first-order chi connectivity index (χ1) is 12.6. The molecule has 0 spiro atoms. The molecule has 7 nitrogen and oxygen atoms in total. The van der Waals surface area contributed by atoms with Crippen LogP contribution in [0.1, 0.15) is 29.8 Å². The number of anilines is 3. The zero-order valence-corrected chi connectivity index (χ0v) is 15.9. The molecule has 0 N–H and O–H groups in total. The third-order valence-electron chi connectivity index (χ3n) is 5.25. The number of aromatic nitrogens is 4. The summed E-state index contributed by atoms with van der Waals surface area (Å²) in [6, 6.07) is 2.02. The minimum atomic E-state index is 0.832. The van der Waals surface area contributed by atoms with Crippen molar-refractivity contribution in [2.24, 2.45) is 0 Å². The van der Waals surface area contributed by atoms with Crippen molar-refractivity contribution in [3.63, 3.8) is 0 Å². The van der Waals surface area contributed by atoms with Gasteiger partial charge in [-0.3, -0.25) is 0 Å². The minimum absolute atomic E-state index is 0.832. The summed E-state index contributed by atoms with van der Waals surface area (Å²) >= 11 is 0. The van der Waals surface area contributed by atoms with Gasteiger partial charge in [0.15, 0.2) is 0 Å². The van der Waals surface area contributed by atoms with Crippen LogP contribution in [0.3, 0.4) is 0 Å². The summed E-state index contributed by atoms with van der Waals surface area (Å²) in [7, 11) is 4.03. The van der Waals surface area contributed by atoms with Gasteiger partial charge in [0.05, 0.1) is 0 Å². The van der Waals surface area contributed by atoms with Crippen LogP contribution in [-0.2, 0) is 12.8 Å². The number of nitrogens with zero attached hydrogens (tertiary/aromatic N) is 7. The average Bonchev–Trinajstić information content (AvgIpc) is 2.67. The van der Waals surface area contributed by atoms with Crippen LogP contribution in [0.25, 0.3) is 0 Å². The van der Waals surface area contributed by atoms with Gasteiger partial charge in [0.2, 0.25) is 5.95 Å². The highest BCUT2D eigenvalue weighted by Gasteiger charge is 2.24. The summed E-state index contributed by atoms with van der Waals surface area (Å²) in [5, 5.41) is 0. The van der Waals surface area contributed by atoms with Crippen LogP contribution < -0.4 is 14.7 Å². The van der Waals surface area contributed by atoms with E-state index in [9.17, 15) is 0 Å². The van der Waals surface area contributed by atoms with Gasteiger partial charge in [-0.15, -0.1) is 0 Å². The highest BCUT2D eigenvalue weighted by Crippen LogP contribution is 2.28. The number of hydrogen-bond donors (Lipinski definition) is 0. The van der Waals surface area contributed by atoms with Gasteiger partial charge in [0, 0.05) is 63.3 Å². The molecule has 26 heavy (non-hydrogen) atoms.